The van der Waals surface area contributed by atoms with Gasteiger partial charge < -0.3 is 5.32 Å². The van der Waals surface area contributed by atoms with Crippen molar-refractivity contribution in [2.45, 2.75) is 51.5 Å². The smallest absolute Gasteiger partial charge is 0.0213 e. The zero-order chi connectivity index (χ0) is 13.4. The molecule has 1 aromatic rings. The summed E-state index contributed by atoms with van der Waals surface area (Å²) in [6.45, 7) is 10.1. The van der Waals surface area contributed by atoms with Crippen LogP contribution in [0.1, 0.15) is 46.1 Å². The van der Waals surface area contributed by atoms with Crippen molar-refractivity contribution in [2.75, 3.05) is 6.54 Å². The summed E-state index contributed by atoms with van der Waals surface area (Å²) in [6.07, 6.45) is 2.58. The van der Waals surface area contributed by atoms with Gasteiger partial charge in [0.25, 0.3) is 0 Å². The first kappa shape index (κ1) is 14.1. The Morgan fingerprint density at radius 1 is 1.28 bits per heavy atom. The van der Waals surface area contributed by atoms with Gasteiger partial charge in [-0.3, -0.25) is 0 Å². The summed E-state index contributed by atoms with van der Waals surface area (Å²) < 4.78 is 1.26. The minimum atomic E-state index is 0.188. The lowest BCUT2D eigenvalue weighted by atomic mass is 9.59. The Morgan fingerprint density at radius 2 is 1.89 bits per heavy atom. The van der Waals surface area contributed by atoms with Gasteiger partial charge in [0.15, 0.2) is 0 Å². The number of nitrogens with one attached hydrogen (secondary N) is 1. The normalized spacial score (nSPS) is 27.9. The summed E-state index contributed by atoms with van der Waals surface area (Å²) >= 11 is 3.72. The molecule has 0 atom stereocenters. The molecule has 0 aliphatic heterocycles. The van der Waals surface area contributed by atoms with Crippen LogP contribution in [0, 0.1) is 5.92 Å². The van der Waals surface area contributed by atoms with Gasteiger partial charge in [0.05, 0.1) is 0 Å². The second-order valence-electron chi connectivity index (χ2n) is 6.88. The molecule has 0 radical (unpaired) electrons. The highest BCUT2D eigenvalue weighted by atomic mass is 79.9. The largest absolute Gasteiger partial charge is 0.311 e. The number of hydrogen-bond acceptors (Lipinski definition) is 1. The lowest BCUT2D eigenvalue weighted by molar-refractivity contribution is 0.141. The van der Waals surface area contributed by atoms with Gasteiger partial charge >= 0.3 is 0 Å². The minimum Gasteiger partial charge on any atom is -0.311 e. The number of benzene rings is 1. The van der Waals surface area contributed by atoms with Crippen molar-refractivity contribution in [3.05, 3.63) is 34.3 Å². The standard InChI is InChI=1S/C16H24BrN/c1-12-9-16(10-12,11-18-15(2,3)4)13-7-5-6-8-14(13)17/h5-8,12,18H,9-11H2,1-4H3. The van der Waals surface area contributed by atoms with Crippen LogP contribution >= 0.6 is 15.9 Å². The van der Waals surface area contributed by atoms with E-state index in [0.29, 0.717) is 5.41 Å². The van der Waals surface area contributed by atoms with Crippen LogP contribution in [0.4, 0.5) is 0 Å². The molecular formula is C16H24BrN. The molecule has 1 aliphatic rings. The Balaban J connectivity index is 2.21. The van der Waals surface area contributed by atoms with Crippen LogP contribution in [0.2, 0.25) is 0 Å². The van der Waals surface area contributed by atoms with E-state index in [1.165, 1.54) is 22.9 Å². The Kier molecular flexibility index (Phi) is 3.89. The minimum absolute atomic E-state index is 0.188. The van der Waals surface area contributed by atoms with Gasteiger partial charge in [0.2, 0.25) is 0 Å². The molecule has 1 N–H and O–H groups in total. The quantitative estimate of drug-likeness (QED) is 0.866. The fourth-order valence-corrected chi connectivity index (χ4v) is 3.76. The number of halogens is 1. The Morgan fingerprint density at radius 3 is 2.39 bits per heavy atom. The second kappa shape index (κ2) is 4.97. The summed E-state index contributed by atoms with van der Waals surface area (Å²) in [6, 6.07) is 8.69. The van der Waals surface area contributed by atoms with Crippen molar-refractivity contribution >= 4 is 15.9 Å². The first-order valence-electron chi connectivity index (χ1n) is 6.82. The molecule has 1 aliphatic carbocycles. The zero-order valence-electron chi connectivity index (χ0n) is 11.9. The molecule has 0 unspecified atom stereocenters. The van der Waals surface area contributed by atoms with E-state index < -0.39 is 0 Å². The predicted molar refractivity (Wildman–Crippen MR) is 82.0 cm³/mol. The molecule has 2 rings (SSSR count). The first-order valence-corrected chi connectivity index (χ1v) is 7.62. The van der Waals surface area contributed by atoms with E-state index in [9.17, 15) is 0 Å². The molecule has 1 aromatic carbocycles. The zero-order valence-corrected chi connectivity index (χ0v) is 13.5. The van der Waals surface area contributed by atoms with E-state index in [-0.39, 0.29) is 5.54 Å². The maximum absolute atomic E-state index is 3.72. The fourth-order valence-electron chi connectivity index (χ4n) is 3.06. The predicted octanol–water partition coefficient (Wildman–Crippen LogP) is 4.50. The molecule has 0 spiro atoms. The van der Waals surface area contributed by atoms with Crippen molar-refractivity contribution in [1.82, 2.24) is 5.32 Å². The van der Waals surface area contributed by atoms with Crippen LogP contribution in [0.5, 0.6) is 0 Å². The SMILES string of the molecule is CC1CC(CNC(C)(C)C)(c2ccccc2Br)C1. The fraction of sp³-hybridized carbons (Fsp3) is 0.625. The van der Waals surface area contributed by atoms with Gasteiger partial charge in [-0.15, -0.1) is 0 Å². The molecule has 0 heterocycles. The van der Waals surface area contributed by atoms with Gasteiger partial charge in [-0.25, -0.2) is 0 Å². The molecule has 2 heteroatoms. The van der Waals surface area contributed by atoms with Gasteiger partial charge in [-0.05, 0) is 51.2 Å². The van der Waals surface area contributed by atoms with Crippen LogP contribution in [-0.2, 0) is 5.41 Å². The lowest BCUT2D eigenvalue weighted by Gasteiger charge is -2.49. The molecule has 1 fully saturated rings. The third-order valence-corrected chi connectivity index (χ3v) is 4.57. The third kappa shape index (κ3) is 2.97. The molecule has 18 heavy (non-hydrogen) atoms. The van der Waals surface area contributed by atoms with E-state index in [1.54, 1.807) is 0 Å². The molecular weight excluding hydrogens is 286 g/mol. The monoisotopic (exact) mass is 309 g/mol. The lowest BCUT2D eigenvalue weighted by Crippen LogP contribution is -2.52. The summed E-state index contributed by atoms with van der Waals surface area (Å²) in [7, 11) is 0. The third-order valence-electron chi connectivity index (χ3n) is 3.88. The molecule has 1 nitrogen and oxygen atoms in total. The van der Waals surface area contributed by atoms with E-state index in [1.807, 2.05) is 0 Å². The summed E-state index contributed by atoms with van der Waals surface area (Å²) in [5.41, 5.74) is 1.99. The van der Waals surface area contributed by atoms with Crippen molar-refractivity contribution in [1.29, 1.82) is 0 Å². The highest BCUT2D eigenvalue weighted by Gasteiger charge is 2.44. The van der Waals surface area contributed by atoms with Crippen molar-refractivity contribution in [2.24, 2.45) is 5.92 Å². The molecule has 100 valence electrons. The Hall–Kier alpha value is -0.340. The maximum atomic E-state index is 3.72. The van der Waals surface area contributed by atoms with Crippen LogP contribution in [0.3, 0.4) is 0 Å². The summed E-state index contributed by atoms with van der Waals surface area (Å²) in [5, 5.41) is 3.69. The van der Waals surface area contributed by atoms with Gasteiger partial charge in [0.1, 0.15) is 0 Å². The summed E-state index contributed by atoms with van der Waals surface area (Å²) in [4.78, 5) is 0. The first-order chi connectivity index (χ1) is 8.32. The average molecular weight is 310 g/mol. The van der Waals surface area contributed by atoms with Crippen LogP contribution in [0.15, 0.2) is 28.7 Å². The van der Waals surface area contributed by atoms with E-state index in [2.05, 4.69) is 73.2 Å². The van der Waals surface area contributed by atoms with Crippen molar-refractivity contribution < 1.29 is 0 Å². The Bertz CT molecular complexity index is 413. The second-order valence-corrected chi connectivity index (χ2v) is 7.73. The van der Waals surface area contributed by atoms with Crippen molar-refractivity contribution in [3.63, 3.8) is 0 Å². The van der Waals surface area contributed by atoms with Crippen molar-refractivity contribution in [3.8, 4) is 0 Å². The topological polar surface area (TPSA) is 12.0 Å². The van der Waals surface area contributed by atoms with E-state index >= 15 is 0 Å². The highest BCUT2D eigenvalue weighted by molar-refractivity contribution is 9.10. The highest BCUT2D eigenvalue weighted by Crippen LogP contribution is 2.49. The van der Waals surface area contributed by atoms with Crippen LogP contribution in [0.25, 0.3) is 0 Å². The maximum Gasteiger partial charge on any atom is 0.0213 e. The molecule has 0 amide bonds. The van der Waals surface area contributed by atoms with Gasteiger partial charge in [-0.1, -0.05) is 41.1 Å². The van der Waals surface area contributed by atoms with E-state index in [0.717, 1.165) is 12.5 Å². The van der Waals surface area contributed by atoms with Gasteiger partial charge in [0, 0.05) is 22.0 Å². The molecule has 0 saturated heterocycles. The van der Waals surface area contributed by atoms with Crippen LogP contribution in [-0.4, -0.2) is 12.1 Å². The average Bonchev–Trinajstić information content (AvgIpc) is 2.22. The number of hydrogen-bond donors (Lipinski definition) is 1. The molecule has 0 bridgehead atoms. The summed E-state index contributed by atoms with van der Waals surface area (Å²) in [5.74, 6) is 0.846. The van der Waals surface area contributed by atoms with Gasteiger partial charge in [-0.2, -0.15) is 0 Å². The molecule has 1 saturated carbocycles. The number of rotatable bonds is 3. The Labute approximate surface area is 119 Å². The van der Waals surface area contributed by atoms with Crippen LogP contribution < -0.4 is 5.32 Å². The van der Waals surface area contributed by atoms with E-state index in [4.69, 9.17) is 0 Å². The molecule has 0 aromatic heterocycles.